The van der Waals surface area contributed by atoms with Crippen LogP contribution in [0.15, 0.2) is 36.4 Å². The molecular formula is C18H17F3N2O. The molecule has 1 fully saturated rings. The van der Waals surface area contributed by atoms with Crippen molar-refractivity contribution in [2.75, 3.05) is 26.2 Å². The highest BCUT2D eigenvalue weighted by Gasteiger charge is 2.17. The van der Waals surface area contributed by atoms with Crippen LogP contribution in [0, 0.1) is 17.5 Å². The van der Waals surface area contributed by atoms with Gasteiger partial charge in [0.05, 0.1) is 0 Å². The van der Waals surface area contributed by atoms with Crippen LogP contribution in [0.3, 0.4) is 0 Å². The Morgan fingerprint density at radius 2 is 1.58 bits per heavy atom. The minimum atomic E-state index is -1.49. The van der Waals surface area contributed by atoms with E-state index in [9.17, 15) is 18.0 Å². The van der Waals surface area contributed by atoms with Crippen LogP contribution >= 0.6 is 0 Å². The third-order valence-corrected chi connectivity index (χ3v) is 4.08. The van der Waals surface area contributed by atoms with E-state index >= 15 is 0 Å². The Morgan fingerprint density at radius 1 is 0.917 bits per heavy atom. The van der Waals surface area contributed by atoms with Crippen LogP contribution in [0.25, 0.3) is 11.1 Å². The summed E-state index contributed by atoms with van der Waals surface area (Å²) in [5, 5.41) is 3.23. The number of carbonyl (C=O) groups is 1. The van der Waals surface area contributed by atoms with Gasteiger partial charge in [0.25, 0.3) is 5.91 Å². The Morgan fingerprint density at radius 3 is 2.25 bits per heavy atom. The minimum absolute atomic E-state index is 0.0679. The maximum absolute atomic E-state index is 13.3. The summed E-state index contributed by atoms with van der Waals surface area (Å²) < 4.78 is 39.7. The van der Waals surface area contributed by atoms with Gasteiger partial charge in [-0.05, 0) is 48.4 Å². The predicted octanol–water partition coefficient (Wildman–Crippen LogP) is 3.21. The molecule has 0 saturated carbocycles. The van der Waals surface area contributed by atoms with Crippen molar-refractivity contribution in [3.63, 3.8) is 0 Å². The molecule has 0 unspecified atom stereocenters. The fourth-order valence-corrected chi connectivity index (χ4v) is 2.76. The second-order valence-corrected chi connectivity index (χ2v) is 5.73. The van der Waals surface area contributed by atoms with Gasteiger partial charge in [-0.3, -0.25) is 4.79 Å². The van der Waals surface area contributed by atoms with Crippen molar-refractivity contribution in [1.29, 1.82) is 0 Å². The molecule has 3 nitrogen and oxygen atoms in total. The minimum Gasteiger partial charge on any atom is -0.337 e. The fourth-order valence-electron chi connectivity index (χ4n) is 2.76. The smallest absolute Gasteiger partial charge is 0.253 e. The van der Waals surface area contributed by atoms with E-state index in [0.717, 1.165) is 31.6 Å². The van der Waals surface area contributed by atoms with Gasteiger partial charge < -0.3 is 10.2 Å². The van der Waals surface area contributed by atoms with Gasteiger partial charge >= 0.3 is 0 Å². The van der Waals surface area contributed by atoms with Crippen molar-refractivity contribution < 1.29 is 18.0 Å². The Bertz CT molecular complexity index is 715. The SMILES string of the molecule is O=C(c1ccc(-c2cc(F)c(F)c(F)c2)cc1)N1CCCNCC1. The Balaban J connectivity index is 1.81. The molecular weight excluding hydrogens is 317 g/mol. The molecule has 0 aliphatic carbocycles. The number of halogens is 3. The number of amides is 1. The molecule has 6 heteroatoms. The lowest BCUT2D eigenvalue weighted by atomic mass is 10.0. The molecule has 0 atom stereocenters. The highest BCUT2D eigenvalue weighted by molar-refractivity contribution is 5.94. The second-order valence-electron chi connectivity index (χ2n) is 5.73. The molecule has 3 rings (SSSR count). The summed E-state index contributed by atoms with van der Waals surface area (Å²) in [6, 6.07) is 8.33. The van der Waals surface area contributed by atoms with Crippen molar-refractivity contribution in [1.82, 2.24) is 10.2 Å². The number of nitrogens with one attached hydrogen (secondary N) is 1. The van der Waals surface area contributed by atoms with E-state index in [1.54, 1.807) is 29.2 Å². The summed E-state index contributed by atoms with van der Waals surface area (Å²) in [5.74, 6) is -4.02. The summed E-state index contributed by atoms with van der Waals surface area (Å²) in [6.45, 7) is 3.00. The number of nitrogens with zero attached hydrogens (tertiary/aromatic N) is 1. The van der Waals surface area contributed by atoms with Crippen LogP contribution in [-0.4, -0.2) is 37.0 Å². The first-order valence-electron chi connectivity index (χ1n) is 7.81. The molecule has 1 N–H and O–H groups in total. The summed E-state index contributed by atoms with van der Waals surface area (Å²) in [7, 11) is 0. The van der Waals surface area contributed by atoms with Crippen LogP contribution in [0.2, 0.25) is 0 Å². The largest absolute Gasteiger partial charge is 0.337 e. The van der Waals surface area contributed by atoms with Gasteiger partial charge in [-0.25, -0.2) is 13.2 Å². The maximum Gasteiger partial charge on any atom is 0.253 e. The quantitative estimate of drug-likeness (QED) is 0.856. The first-order valence-corrected chi connectivity index (χ1v) is 7.81. The normalized spacial score (nSPS) is 15.2. The number of benzene rings is 2. The van der Waals surface area contributed by atoms with E-state index in [1.807, 2.05) is 0 Å². The molecule has 1 aliphatic rings. The summed E-state index contributed by atoms with van der Waals surface area (Å²) in [5.41, 5.74) is 1.26. The van der Waals surface area contributed by atoms with E-state index in [0.29, 0.717) is 24.2 Å². The molecule has 2 aromatic rings. The van der Waals surface area contributed by atoms with Crippen LogP contribution in [0.1, 0.15) is 16.8 Å². The molecule has 0 bridgehead atoms. The molecule has 1 amide bonds. The first-order chi connectivity index (χ1) is 11.6. The number of carbonyl (C=O) groups excluding carboxylic acids is 1. The van der Waals surface area contributed by atoms with E-state index in [2.05, 4.69) is 5.32 Å². The summed E-state index contributed by atoms with van der Waals surface area (Å²) >= 11 is 0. The predicted molar refractivity (Wildman–Crippen MR) is 85.1 cm³/mol. The maximum atomic E-state index is 13.3. The number of rotatable bonds is 2. The van der Waals surface area contributed by atoms with Gasteiger partial charge in [-0.2, -0.15) is 0 Å². The summed E-state index contributed by atoms with van der Waals surface area (Å²) in [4.78, 5) is 14.3. The zero-order valence-electron chi connectivity index (χ0n) is 13.0. The van der Waals surface area contributed by atoms with Gasteiger partial charge in [0.1, 0.15) is 0 Å². The van der Waals surface area contributed by atoms with Gasteiger partial charge in [0.15, 0.2) is 17.5 Å². The molecule has 24 heavy (non-hydrogen) atoms. The lowest BCUT2D eigenvalue weighted by Crippen LogP contribution is -2.34. The summed E-state index contributed by atoms with van der Waals surface area (Å²) in [6.07, 6.45) is 0.901. The molecule has 0 radical (unpaired) electrons. The molecule has 1 heterocycles. The molecule has 0 spiro atoms. The van der Waals surface area contributed by atoms with E-state index < -0.39 is 17.5 Å². The fraction of sp³-hybridized carbons (Fsp3) is 0.278. The lowest BCUT2D eigenvalue weighted by Gasteiger charge is -2.20. The van der Waals surface area contributed by atoms with E-state index in [1.165, 1.54) is 0 Å². The van der Waals surface area contributed by atoms with Crippen LogP contribution in [-0.2, 0) is 0 Å². The Kier molecular flexibility index (Phi) is 4.85. The second kappa shape index (κ2) is 7.05. The average molecular weight is 334 g/mol. The Hall–Kier alpha value is -2.34. The molecule has 1 saturated heterocycles. The average Bonchev–Trinajstić information content (AvgIpc) is 2.88. The standard InChI is InChI=1S/C18H17F3N2O/c19-15-10-14(11-16(20)17(15)21)12-2-4-13(5-3-12)18(24)23-8-1-6-22-7-9-23/h2-5,10-11,22H,1,6-9H2. The van der Waals surface area contributed by atoms with Crippen LogP contribution in [0.4, 0.5) is 13.2 Å². The highest BCUT2D eigenvalue weighted by Crippen LogP contribution is 2.24. The number of hydrogen-bond donors (Lipinski definition) is 1. The van der Waals surface area contributed by atoms with E-state index in [4.69, 9.17) is 0 Å². The topological polar surface area (TPSA) is 32.3 Å². The van der Waals surface area contributed by atoms with Crippen molar-refractivity contribution >= 4 is 5.91 Å². The first kappa shape index (κ1) is 16.5. The van der Waals surface area contributed by atoms with Crippen molar-refractivity contribution in [2.24, 2.45) is 0 Å². The van der Waals surface area contributed by atoms with Crippen molar-refractivity contribution in [3.8, 4) is 11.1 Å². The molecule has 1 aliphatic heterocycles. The zero-order chi connectivity index (χ0) is 17.1. The van der Waals surface area contributed by atoms with E-state index in [-0.39, 0.29) is 11.5 Å². The van der Waals surface area contributed by atoms with Crippen LogP contribution < -0.4 is 5.32 Å². The zero-order valence-corrected chi connectivity index (χ0v) is 13.0. The van der Waals surface area contributed by atoms with Crippen molar-refractivity contribution in [2.45, 2.75) is 6.42 Å². The Labute approximate surface area is 138 Å². The van der Waals surface area contributed by atoms with Crippen LogP contribution in [0.5, 0.6) is 0 Å². The highest BCUT2D eigenvalue weighted by atomic mass is 19.2. The molecule has 2 aromatic carbocycles. The van der Waals surface area contributed by atoms with Gasteiger partial charge in [0, 0.05) is 25.2 Å². The lowest BCUT2D eigenvalue weighted by molar-refractivity contribution is 0.0766. The third-order valence-electron chi connectivity index (χ3n) is 4.08. The third kappa shape index (κ3) is 3.43. The van der Waals surface area contributed by atoms with Crippen molar-refractivity contribution in [3.05, 3.63) is 59.4 Å². The molecule has 0 aromatic heterocycles. The number of hydrogen-bond acceptors (Lipinski definition) is 2. The van der Waals surface area contributed by atoms with Gasteiger partial charge in [0.2, 0.25) is 0 Å². The molecule has 126 valence electrons. The van der Waals surface area contributed by atoms with Gasteiger partial charge in [-0.1, -0.05) is 12.1 Å². The monoisotopic (exact) mass is 334 g/mol. The van der Waals surface area contributed by atoms with Gasteiger partial charge in [-0.15, -0.1) is 0 Å².